The minimum Gasteiger partial charge on any atom is -0.0654 e. The Morgan fingerprint density at radius 3 is 1.93 bits per heavy atom. The lowest BCUT2D eigenvalue weighted by Crippen LogP contribution is -2.20. The number of unbranched alkanes of at least 4 members (excludes halogenated alkanes) is 5. The summed E-state index contributed by atoms with van der Waals surface area (Å²) in [4.78, 5) is 0. The molecule has 0 fully saturated rings. The van der Waals surface area contributed by atoms with Gasteiger partial charge in [-0.2, -0.15) is 0 Å². The Bertz CT molecular complexity index is 135. The molecule has 0 radical (unpaired) electrons. The maximum Gasteiger partial charge on any atom is -0.0329 e. The number of hydrogen-bond acceptors (Lipinski definition) is 0. The van der Waals surface area contributed by atoms with E-state index in [4.69, 9.17) is 0 Å². The Kier molecular flexibility index (Phi) is 8.19. The van der Waals surface area contributed by atoms with Crippen molar-refractivity contribution in [1.29, 1.82) is 0 Å². The highest BCUT2D eigenvalue weighted by Gasteiger charge is 2.23. The van der Waals surface area contributed by atoms with Crippen molar-refractivity contribution >= 4 is 0 Å². The lowest BCUT2D eigenvalue weighted by atomic mass is 9.75. The fraction of sp³-hybridized carbons (Fsp3) is 1.00. The molecule has 0 nitrogen and oxygen atoms in total. The minimum absolute atomic E-state index is 0.555. The van der Waals surface area contributed by atoms with Crippen molar-refractivity contribution in [2.75, 3.05) is 0 Å². The van der Waals surface area contributed by atoms with Crippen LogP contribution in [0.1, 0.15) is 86.0 Å². The molecule has 0 rings (SSSR count). The first kappa shape index (κ1) is 15.0. The fourth-order valence-corrected chi connectivity index (χ4v) is 2.16. The van der Waals surface area contributed by atoms with Crippen LogP contribution in [-0.2, 0) is 0 Å². The van der Waals surface area contributed by atoms with E-state index in [0.717, 1.165) is 5.92 Å². The van der Waals surface area contributed by atoms with Crippen LogP contribution < -0.4 is 0 Å². The molecule has 0 spiro atoms. The van der Waals surface area contributed by atoms with E-state index in [2.05, 4.69) is 34.6 Å². The van der Waals surface area contributed by atoms with Crippen molar-refractivity contribution in [2.24, 2.45) is 11.3 Å². The molecule has 0 N–H and O–H groups in total. The van der Waals surface area contributed by atoms with Gasteiger partial charge < -0.3 is 0 Å². The van der Waals surface area contributed by atoms with Crippen molar-refractivity contribution in [3.8, 4) is 0 Å². The monoisotopic (exact) mass is 212 g/mol. The third-order valence-corrected chi connectivity index (χ3v) is 4.12. The predicted octanol–water partition coefficient (Wildman–Crippen LogP) is 5.81. The average Bonchev–Trinajstić information content (AvgIpc) is 2.22. The highest BCUT2D eigenvalue weighted by Crippen LogP contribution is 2.34. The molecule has 1 atom stereocenters. The summed E-state index contributed by atoms with van der Waals surface area (Å²) in [6.07, 6.45) is 11.3. The van der Waals surface area contributed by atoms with Gasteiger partial charge in [0.15, 0.2) is 0 Å². The van der Waals surface area contributed by atoms with Gasteiger partial charge in [-0.05, 0) is 17.8 Å². The first-order valence-corrected chi connectivity index (χ1v) is 7.04. The minimum atomic E-state index is 0.555. The van der Waals surface area contributed by atoms with Crippen molar-refractivity contribution in [1.82, 2.24) is 0 Å². The Morgan fingerprint density at radius 1 is 0.867 bits per heavy atom. The zero-order valence-corrected chi connectivity index (χ0v) is 11.7. The first-order chi connectivity index (χ1) is 7.04. The summed E-state index contributed by atoms with van der Waals surface area (Å²) in [6, 6.07) is 0. The molecule has 0 aliphatic carbocycles. The highest BCUT2D eigenvalue weighted by molar-refractivity contribution is 4.74. The molecule has 0 saturated carbocycles. The molecule has 0 heteroatoms. The smallest absolute Gasteiger partial charge is 0.0329 e. The third-order valence-electron chi connectivity index (χ3n) is 4.12. The molecule has 0 saturated heterocycles. The second kappa shape index (κ2) is 8.19. The summed E-state index contributed by atoms with van der Waals surface area (Å²) in [5.74, 6) is 0.869. The van der Waals surface area contributed by atoms with Crippen molar-refractivity contribution < 1.29 is 0 Å². The van der Waals surface area contributed by atoms with Crippen LogP contribution in [0.3, 0.4) is 0 Å². The van der Waals surface area contributed by atoms with Gasteiger partial charge >= 0.3 is 0 Å². The summed E-state index contributed by atoms with van der Waals surface area (Å²) in [5.41, 5.74) is 0.555. The molecule has 0 heterocycles. The normalized spacial score (nSPS) is 14.2. The highest BCUT2D eigenvalue weighted by atomic mass is 14.3. The van der Waals surface area contributed by atoms with Crippen molar-refractivity contribution in [3.63, 3.8) is 0 Å². The average molecular weight is 212 g/mol. The van der Waals surface area contributed by atoms with Crippen LogP contribution in [-0.4, -0.2) is 0 Å². The quantitative estimate of drug-likeness (QED) is 0.423. The van der Waals surface area contributed by atoms with Crippen molar-refractivity contribution in [3.05, 3.63) is 0 Å². The first-order valence-electron chi connectivity index (χ1n) is 7.04. The van der Waals surface area contributed by atoms with E-state index < -0.39 is 0 Å². The van der Waals surface area contributed by atoms with Crippen LogP contribution in [0.4, 0.5) is 0 Å². The maximum absolute atomic E-state index is 2.44. The molecule has 0 bridgehead atoms. The van der Waals surface area contributed by atoms with Crippen LogP contribution in [0.2, 0.25) is 0 Å². The zero-order chi connectivity index (χ0) is 11.7. The Hall–Kier alpha value is 0. The van der Waals surface area contributed by atoms with Gasteiger partial charge in [-0.15, -0.1) is 0 Å². The van der Waals surface area contributed by atoms with E-state index in [1.807, 2.05) is 0 Å². The van der Waals surface area contributed by atoms with Crippen LogP contribution in [0.25, 0.3) is 0 Å². The van der Waals surface area contributed by atoms with Gasteiger partial charge in [-0.25, -0.2) is 0 Å². The molecule has 0 aliphatic heterocycles. The van der Waals surface area contributed by atoms with Gasteiger partial charge in [0.25, 0.3) is 0 Å². The molecular formula is C15H32. The van der Waals surface area contributed by atoms with Crippen LogP contribution >= 0.6 is 0 Å². The summed E-state index contributed by atoms with van der Waals surface area (Å²) in [6.45, 7) is 11.9. The maximum atomic E-state index is 2.44. The fourth-order valence-electron chi connectivity index (χ4n) is 2.16. The van der Waals surface area contributed by atoms with Crippen LogP contribution in [0.15, 0.2) is 0 Å². The van der Waals surface area contributed by atoms with Crippen LogP contribution in [0.5, 0.6) is 0 Å². The predicted molar refractivity (Wildman–Crippen MR) is 71.2 cm³/mol. The molecule has 0 aromatic heterocycles. The van der Waals surface area contributed by atoms with E-state index in [-0.39, 0.29) is 0 Å². The summed E-state index contributed by atoms with van der Waals surface area (Å²) >= 11 is 0. The van der Waals surface area contributed by atoms with E-state index in [0.29, 0.717) is 5.41 Å². The lowest BCUT2D eigenvalue weighted by molar-refractivity contribution is 0.199. The zero-order valence-electron chi connectivity index (χ0n) is 11.7. The molecule has 0 amide bonds. The lowest BCUT2D eigenvalue weighted by Gasteiger charge is -2.31. The summed E-state index contributed by atoms with van der Waals surface area (Å²) in [7, 11) is 0. The van der Waals surface area contributed by atoms with Gasteiger partial charge in [-0.3, -0.25) is 0 Å². The number of rotatable bonds is 9. The van der Waals surface area contributed by atoms with Crippen molar-refractivity contribution in [2.45, 2.75) is 86.0 Å². The topological polar surface area (TPSA) is 0 Å². The molecule has 1 unspecified atom stereocenters. The van der Waals surface area contributed by atoms with Gasteiger partial charge in [0.05, 0.1) is 0 Å². The standard InChI is InChI=1S/C15H32/c1-6-8-9-10-11-12-13-15(4,5)14(3)7-2/h14H,6-13H2,1-5H3. The summed E-state index contributed by atoms with van der Waals surface area (Å²) < 4.78 is 0. The van der Waals surface area contributed by atoms with Gasteiger partial charge in [-0.1, -0.05) is 79.6 Å². The van der Waals surface area contributed by atoms with Gasteiger partial charge in [0.1, 0.15) is 0 Å². The van der Waals surface area contributed by atoms with E-state index >= 15 is 0 Å². The Labute approximate surface area is 97.8 Å². The van der Waals surface area contributed by atoms with E-state index in [1.54, 1.807) is 0 Å². The van der Waals surface area contributed by atoms with Crippen LogP contribution in [0, 0.1) is 11.3 Å². The second-order valence-electron chi connectivity index (χ2n) is 5.82. The second-order valence-corrected chi connectivity index (χ2v) is 5.82. The SMILES string of the molecule is CCCCCCCCC(C)(C)C(C)CC. The molecule has 92 valence electrons. The van der Waals surface area contributed by atoms with E-state index in [1.165, 1.54) is 51.4 Å². The molecule has 0 aliphatic rings. The molecule has 15 heavy (non-hydrogen) atoms. The Balaban J connectivity index is 3.48. The number of hydrogen-bond donors (Lipinski definition) is 0. The summed E-state index contributed by atoms with van der Waals surface area (Å²) in [5, 5.41) is 0. The molecule has 0 aromatic carbocycles. The molecule has 0 aromatic rings. The van der Waals surface area contributed by atoms with Gasteiger partial charge in [0, 0.05) is 0 Å². The molecular weight excluding hydrogens is 180 g/mol. The van der Waals surface area contributed by atoms with Gasteiger partial charge in [0.2, 0.25) is 0 Å². The third kappa shape index (κ3) is 6.98. The largest absolute Gasteiger partial charge is 0.0654 e. The Morgan fingerprint density at radius 2 is 1.40 bits per heavy atom. The van der Waals surface area contributed by atoms with E-state index in [9.17, 15) is 0 Å².